The lowest BCUT2D eigenvalue weighted by Gasteiger charge is -2.10. The molecular formula is C29H29N3O4. The highest BCUT2D eigenvalue weighted by Crippen LogP contribution is 2.26. The number of carbonyl (C=O) groups is 2. The summed E-state index contributed by atoms with van der Waals surface area (Å²) < 4.78 is 5.91. The summed E-state index contributed by atoms with van der Waals surface area (Å²) in [6.07, 6.45) is 5.06. The number of anilines is 1. The summed E-state index contributed by atoms with van der Waals surface area (Å²) in [5.41, 5.74) is 4.72. The van der Waals surface area contributed by atoms with Crippen LogP contribution >= 0.6 is 0 Å². The molecule has 1 heterocycles. The van der Waals surface area contributed by atoms with Gasteiger partial charge in [0.15, 0.2) is 0 Å². The number of phenols is 1. The highest BCUT2D eigenvalue weighted by molar-refractivity contribution is 6.05. The molecule has 0 radical (unpaired) electrons. The minimum atomic E-state index is -0.439. The maximum Gasteiger partial charge on any atom is 0.271 e. The fourth-order valence-electron chi connectivity index (χ4n) is 3.87. The number of aryl methyl sites for hydroxylation is 1. The first-order valence-corrected chi connectivity index (χ1v) is 12.1. The van der Waals surface area contributed by atoms with Crippen LogP contribution in [0.3, 0.4) is 0 Å². The molecule has 3 aromatic carbocycles. The van der Waals surface area contributed by atoms with Crippen LogP contribution in [-0.4, -0.2) is 16.9 Å². The number of nitrogens with one attached hydrogen (secondary N) is 2. The number of benzene rings is 3. The first kappa shape index (κ1) is 24.7. The Labute approximate surface area is 209 Å². The first-order chi connectivity index (χ1) is 17.5. The molecule has 0 saturated heterocycles. The minimum Gasteiger partial charge on any atom is -0.508 e. The SMILES string of the molecule is CCCCCCc1cc2cc(C(=O)Nc3ccccc3)/c(=N/NC(=O)c3ccccc3)oc2cc1O. The van der Waals surface area contributed by atoms with Gasteiger partial charge in [-0.15, -0.1) is 5.10 Å². The van der Waals surface area contributed by atoms with E-state index in [1.165, 1.54) is 6.07 Å². The van der Waals surface area contributed by atoms with Crippen molar-refractivity contribution in [1.82, 2.24) is 5.43 Å². The lowest BCUT2D eigenvalue weighted by molar-refractivity contribution is 0.0948. The van der Waals surface area contributed by atoms with Crippen LogP contribution < -0.4 is 16.3 Å². The van der Waals surface area contributed by atoms with Gasteiger partial charge in [-0.1, -0.05) is 62.6 Å². The average molecular weight is 484 g/mol. The van der Waals surface area contributed by atoms with Crippen LogP contribution in [0.5, 0.6) is 5.75 Å². The van der Waals surface area contributed by atoms with Gasteiger partial charge in [0.25, 0.3) is 11.8 Å². The monoisotopic (exact) mass is 483 g/mol. The fraction of sp³-hybridized carbons (Fsp3) is 0.207. The smallest absolute Gasteiger partial charge is 0.271 e. The molecule has 184 valence electrons. The van der Waals surface area contributed by atoms with E-state index in [1.54, 1.807) is 42.5 Å². The summed E-state index contributed by atoms with van der Waals surface area (Å²) in [4.78, 5) is 25.7. The quantitative estimate of drug-likeness (QED) is 0.208. The molecule has 3 N–H and O–H groups in total. The Bertz CT molecular complexity index is 1410. The molecule has 0 spiro atoms. The summed E-state index contributed by atoms with van der Waals surface area (Å²) in [6.45, 7) is 2.15. The van der Waals surface area contributed by atoms with Crippen molar-refractivity contribution in [3.63, 3.8) is 0 Å². The molecule has 7 heteroatoms. The molecule has 0 fully saturated rings. The highest BCUT2D eigenvalue weighted by Gasteiger charge is 2.15. The second-order valence-electron chi connectivity index (χ2n) is 8.53. The summed E-state index contributed by atoms with van der Waals surface area (Å²) in [5, 5.41) is 18.2. The van der Waals surface area contributed by atoms with Gasteiger partial charge in [0.2, 0.25) is 5.55 Å². The van der Waals surface area contributed by atoms with Crippen molar-refractivity contribution >= 4 is 28.5 Å². The van der Waals surface area contributed by atoms with E-state index in [-0.39, 0.29) is 16.9 Å². The molecule has 4 aromatic rings. The zero-order chi connectivity index (χ0) is 25.3. The molecule has 0 bridgehead atoms. The third kappa shape index (κ3) is 6.18. The lowest BCUT2D eigenvalue weighted by atomic mass is 10.0. The number of amides is 2. The molecule has 0 aliphatic rings. The van der Waals surface area contributed by atoms with Crippen LogP contribution in [-0.2, 0) is 6.42 Å². The number of para-hydroxylation sites is 1. The van der Waals surface area contributed by atoms with E-state index in [2.05, 4.69) is 22.8 Å². The van der Waals surface area contributed by atoms with Crippen molar-refractivity contribution in [2.24, 2.45) is 5.10 Å². The number of unbranched alkanes of at least 4 members (excludes halogenated alkanes) is 3. The van der Waals surface area contributed by atoms with Gasteiger partial charge in [0.1, 0.15) is 16.9 Å². The largest absolute Gasteiger partial charge is 0.508 e. The Hall–Kier alpha value is -4.39. The van der Waals surface area contributed by atoms with E-state index >= 15 is 0 Å². The highest BCUT2D eigenvalue weighted by atomic mass is 16.3. The van der Waals surface area contributed by atoms with Gasteiger partial charge in [0.05, 0.1) is 0 Å². The van der Waals surface area contributed by atoms with Gasteiger partial charge in [-0.3, -0.25) is 9.59 Å². The molecule has 0 aliphatic carbocycles. The number of phenolic OH excluding ortho intramolecular Hbond substituents is 1. The predicted molar refractivity (Wildman–Crippen MR) is 140 cm³/mol. The summed E-state index contributed by atoms with van der Waals surface area (Å²) in [5.74, 6) is -0.744. The van der Waals surface area contributed by atoms with Crippen LogP contribution in [0.1, 0.15) is 58.9 Å². The van der Waals surface area contributed by atoms with Crippen LogP contribution in [0.4, 0.5) is 5.69 Å². The molecular weight excluding hydrogens is 454 g/mol. The summed E-state index contributed by atoms with van der Waals surface area (Å²) in [7, 11) is 0. The second kappa shape index (κ2) is 11.8. The molecule has 7 nitrogen and oxygen atoms in total. The van der Waals surface area contributed by atoms with E-state index < -0.39 is 11.8 Å². The van der Waals surface area contributed by atoms with Crippen molar-refractivity contribution < 1.29 is 19.1 Å². The molecule has 2 amide bonds. The second-order valence-corrected chi connectivity index (χ2v) is 8.53. The summed E-state index contributed by atoms with van der Waals surface area (Å²) in [6, 6.07) is 22.7. The van der Waals surface area contributed by atoms with Crippen LogP contribution in [0, 0.1) is 0 Å². The van der Waals surface area contributed by atoms with Gasteiger partial charge >= 0.3 is 0 Å². The number of rotatable bonds is 9. The zero-order valence-electron chi connectivity index (χ0n) is 20.2. The van der Waals surface area contributed by atoms with Crippen molar-refractivity contribution in [1.29, 1.82) is 0 Å². The van der Waals surface area contributed by atoms with Crippen molar-refractivity contribution in [3.8, 4) is 5.75 Å². The minimum absolute atomic E-state index is 0.0738. The van der Waals surface area contributed by atoms with E-state index in [4.69, 9.17) is 4.42 Å². The number of aromatic hydroxyl groups is 1. The number of carbonyl (C=O) groups excluding carboxylic acids is 2. The molecule has 1 aromatic heterocycles. The fourth-order valence-corrected chi connectivity index (χ4v) is 3.87. The number of fused-ring (bicyclic) bond motifs is 1. The van der Waals surface area contributed by atoms with Crippen LogP contribution in [0.15, 0.2) is 88.4 Å². The van der Waals surface area contributed by atoms with Crippen molar-refractivity contribution in [3.05, 3.63) is 101 Å². The van der Waals surface area contributed by atoms with Crippen LogP contribution in [0.2, 0.25) is 0 Å². The van der Waals surface area contributed by atoms with Crippen LogP contribution in [0.25, 0.3) is 11.0 Å². The molecule has 0 saturated carbocycles. The zero-order valence-corrected chi connectivity index (χ0v) is 20.2. The Morgan fingerprint density at radius 3 is 2.33 bits per heavy atom. The third-order valence-corrected chi connectivity index (χ3v) is 5.82. The number of hydrogen-bond donors (Lipinski definition) is 3. The van der Waals surface area contributed by atoms with Crippen molar-refractivity contribution in [2.75, 3.05) is 5.32 Å². The topological polar surface area (TPSA) is 104 Å². The normalized spacial score (nSPS) is 11.4. The molecule has 0 atom stereocenters. The van der Waals surface area contributed by atoms with Gasteiger partial charge < -0.3 is 14.8 Å². The standard InChI is InChI=1S/C29H29N3O4/c1-2-3-4-7-14-21-17-22-18-24(28(35)30-23-15-10-6-11-16-23)29(36-26(22)19-25(21)33)32-31-27(34)20-12-8-5-9-13-20/h5-6,8-13,15-19,33H,2-4,7,14H2,1H3,(H,30,35)(H,31,34)/b32-29-. The molecule has 4 rings (SSSR count). The van der Waals surface area contributed by atoms with Crippen molar-refractivity contribution in [2.45, 2.75) is 39.0 Å². The lowest BCUT2D eigenvalue weighted by Crippen LogP contribution is -2.26. The van der Waals surface area contributed by atoms with Gasteiger partial charge in [-0.05, 0) is 54.8 Å². The van der Waals surface area contributed by atoms with Gasteiger partial charge in [0, 0.05) is 22.7 Å². The van der Waals surface area contributed by atoms with E-state index in [9.17, 15) is 14.7 Å². The number of nitrogens with zero attached hydrogens (tertiary/aromatic N) is 1. The first-order valence-electron chi connectivity index (χ1n) is 12.1. The Kier molecular flexibility index (Phi) is 8.13. The Morgan fingerprint density at radius 1 is 0.889 bits per heavy atom. The van der Waals surface area contributed by atoms with E-state index in [1.807, 2.05) is 30.3 Å². The Balaban J connectivity index is 1.71. The predicted octanol–water partition coefficient (Wildman–Crippen LogP) is 5.76. The van der Waals surface area contributed by atoms with Gasteiger partial charge in [-0.2, -0.15) is 0 Å². The number of hydrogen-bond acceptors (Lipinski definition) is 5. The Morgan fingerprint density at radius 2 is 1.61 bits per heavy atom. The van der Waals surface area contributed by atoms with E-state index in [0.717, 1.165) is 37.7 Å². The molecule has 0 aliphatic heterocycles. The molecule has 36 heavy (non-hydrogen) atoms. The maximum atomic E-state index is 13.2. The summed E-state index contributed by atoms with van der Waals surface area (Å²) >= 11 is 0. The third-order valence-electron chi connectivity index (χ3n) is 5.82. The maximum absolute atomic E-state index is 13.2. The average Bonchev–Trinajstić information content (AvgIpc) is 2.90. The molecule has 0 unspecified atom stereocenters. The van der Waals surface area contributed by atoms with E-state index in [0.29, 0.717) is 22.2 Å². The van der Waals surface area contributed by atoms with Gasteiger partial charge in [-0.25, -0.2) is 5.43 Å².